The third-order valence-corrected chi connectivity index (χ3v) is 3.77. The molecule has 2 saturated carbocycles. The Hall–Kier alpha value is -0.770. The minimum absolute atomic E-state index is 0.0493. The number of carbonyl (C=O) groups excluding carboxylic acids is 1. The fraction of sp³-hybridized carbons (Fsp3) is 0.917. The summed E-state index contributed by atoms with van der Waals surface area (Å²) in [5.41, 5.74) is 0. The molecule has 0 aromatic rings. The fourth-order valence-corrected chi connectivity index (χ4v) is 2.67. The molecule has 2 N–H and O–H groups in total. The van der Waals surface area contributed by atoms with Crippen LogP contribution in [-0.4, -0.2) is 41.8 Å². The Kier molecular flexibility index (Phi) is 3.69. The van der Waals surface area contributed by atoms with Crippen molar-refractivity contribution in [2.45, 2.75) is 50.7 Å². The van der Waals surface area contributed by atoms with Gasteiger partial charge in [-0.05, 0) is 31.6 Å². The molecular formula is C12H22N2O2. The zero-order chi connectivity index (χ0) is 11.5. The minimum Gasteiger partial charge on any atom is -0.393 e. The molecule has 4 nitrogen and oxygen atoms in total. The molecular weight excluding hydrogens is 204 g/mol. The van der Waals surface area contributed by atoms with Gasteiger partial charge in [-0.1, -0.05) is 12.8 Å². The van der Waals surface area contributed by atoms with E-state index in [0.29, 0.717) is 12.0 Å². The van der Waals surface area contributed by atoms with E-state index in [1.54, 1.807) is 4.90 Å². The molecule has 2 aliphatic carbocycles. The molecule has 2 fully saturated rings. The SMILES string of the molecule is CN(CC1CC(O)C1)C(=O)NC1CCCC1. The van der Waals surface area contributed by atoms with Crippen molar-refractivity contribution in [2.75, 3.05) is 13.6 Å². The van der Waals surface area contributed by atoms with E-state index in [9.17, 15) is 9.90 Å². The number of rotatable bonds is 3. The summed E-state index contributed by atoms with van der Waals surface area (Å²) >= 11 is 0. The van der Waals surface area contributed by atoms with Gasteiger partial charge in [0.2, 0.25) is 0 Å². The number of amides is 2. The van der Waals surface area contributed by atoms with E-state index < -0.39 is 0 Å². The lowest BCUT2D eigenvalue weighted by Gasteiger charge is -2.34. The molecule has 4 heteroatoms. The Morgan fingerprint density at radius 2 is 2.00 bits per heavy atom. The maximum Gasteiger partial charge on any atom is 0.317 e. The third-order valence-electron chi connectivity index (χ3n) is 3.77. The molecule has 0 bridgehead atoms. The van der Waals surface area contributed by atoms with Crippen LogP contribution < -0.4 is 5.32 Å². The first kappa shape index (κ1) is 11.7. The Balaban J connectivity index is 1.67. The van der Waals surface area contributed by atoms with Crippen LogP contribution in [0.3, 0.4) is 0 Å². The second kappa shape index (κ2) is 5.04. The Bertz CT molecular complexity index is 245. The molecule has 92 valence electrons. The van der Waals surface area contributed by atoms with Crippen LogP contribution in [0.2, 0.25) is 0 Å². The topological polar surface area (TPSA) is 52.6 Å². The summed E-state index contributed by atoms with van der Waals surface area (Å²) in [7, 11) is 1.84. The van der Waals surface area contributed by atoms with Gasteiger partial charge in [-0.25, -0.2) is 4.79 Å². The van der Waals surface area contributed by atoms with Crippen molar-refractivity contribution in [3.8, 4) is 0 Å². The third kappa shape index (κ3) is 2.88. The summed E-state index contributed by atoms with van der Waals surface area (Å²) in [6.07, 6.45) is 6.30. The molecule has 0 atom stereocenters. The summed E-state index contributed by atoms with van der Waals surface area (Å²) in [5.74, 6) is 0.495. The summed E-state index contributed by atoms with van der Waals surface area (Å²) in [4.78, 5) is 13.6. The van der Waals surface area contributed by atoms with Crippen LogP contribution in [0.4, 0.5) is 4.79 Å². The largest absolute Gasteiger partial charge is 0.393 e. The molecule has 0 radical (unpaired) electrons. The number of nitrogens with zero attached hydrogens (tertiary/aromatic N) is 1. The fourth-order valence-electron chi connectivity index (χ4n) is 2.67. The Morgan fingerprint density at radius 1 is 1.38 bits per heavy atom. The van der Waals surface area contributed by atoms with Gasteiger partial charge in [-0.2, -0.15) is 0 Å². The van der Waals surface area contributed by atoms with Crippen molar-refractivity contribution in [3.05, 3.63) is 0 Å². The molecule has 0 saturated heterocycles. The number of aliphatic hydroxyl groups is 1. The maximum absolute atomic E-state index is 11.8. The summed E-state index contributed by atoms with van der Waals surface area (Å²) in [6, 6.07) is 0.440. The zero-order valence-electron chi connectivity index (χ0n) is 9.98. The van der Waals surface area contributed by atoms with Gasteiger partial charge >= 0.3 is 6.03 Å². The predicted molar refractivity (Wildman–Crippen MR) is 62.1 cm³/mol. The minimum atomic E-state index is -0.128. The van der Waals surface area contributed by atoms with Crippen LogP contribution in [0.1, 0.15) is 38.5 Å². The van der Waals surface area contributed by atoms with Crippen LogP contribution in [0, 0.1) is 5.92 Å². The van der Waals surface area contributed by atoms with Crippen molar-refractivity contribution < 1.29 is 9.90 Å². The molecule has 2 amide bonds. The maximum atomic E-state index is 11.8. The molecule has 0 aromatic heterocycles. The van der Waals surface area contributed by atoms with Gasteiger partial charge < -0.3 is 15.3 Å². The van der Waals surface area contributed by atoms with Crippen molar-refractivity contribution >= 4 is 6.03 Å². The normalized spacial score (nSPS) is 29.9. The van der Waals surface area contributed by atoms with Gasteiger partial charge in [0.05, 0.1) is 6.10 Å². The van der Waals surface area contributed by atoms with Crippen LogP contribution in [0.15, 0.2) is 0 Å². The molecule has 0 heterocycles. The summed E-state index contributed by atoms with van der Waals surface area (Å²) in [5, 5.41) is 12.2. The van der Waals surface area contributed by atoms with Gasteiger partial charge in [0.1, 0.15) is 0 Å². The number of hydrogen-bond acceptors (Lipinski definition) is 2. The smallest absolute Gasteiger partial charge is 0.317 e. The molecule has 0 spiro atoms. The average molecular weight is 226 g/mol. The highest BCUT2D eigenvalue weighted by atomic mass is 16.3. The highest BCUT2D eigenvalue weighted by molar-refractivity contribution is 5.74. The number of hydrogen-bond donors (Lipinski definition) is 2. The van der Waals surface area contributed by atoms with E-state index in [2.05, 4.69) is 5.32 Å². The van der Waals surface area contributed by atoms with Gasteiger partial charge in [-0.15, -0.1) is 0 Å². The molecule has 0 aromatic carbocycles. The lowest BCUT2D eigenvalue weighted by molar-refractivity contribution is 0.0323. The van der Waals surface area contributed by atoms with E-state index in [4.69, 9.17) is 0 Å². The lowest BCUT2D eigenvalue weighted by Crippen LogP contribution is -2.46. The number of nitrogens with one attached hydrogen (secondary N) is 1. The molecule has 2 aliphatic rings. The predicted octanol–water partition coefficient (Wildman–Crippen LogP) is 1.34. The first-order valence-electron chi connectivity index (χ1n) is 6.35. The van der Waals surface area contributed by atoms with Gasteiger partial charge in [-0.3, -0.25) is 0 Å². The van der Waals surface area contributed by atoms with E-state index in [0.717, 1.165) is 32.2 Å². The molecule has 0 unspecified atom stereocenters. The lowest BCUT2D eigenvalue weighted by atomic mass is 9.82. The van der Waals surface area contributed by atoms with E-state index in [1.807, 2.05) is 7.05 Å². The van der Waals surface area contributed by atoms with Crippen molar-refractivity contribution in [1.82, 2.24) is 10.2 Å². The quantitative estimate of drug-likeness (QED) is 0.763. The average Bonchev–Trinajstić information content (AvgIpc) is 2.68. The molecule has 16 heavy (non-hydrogen) atoms. The molecule has 0 aliphatic heterocycles. The second-order valence-electron chi connectivity index (χ2n) is 5.30. The Morgan fingerprint density at radius 3 is 2.56 bits per heavy atom. The zero-order valence-corrected chi connectivity index (χ0v) is 9.98. The van der Waals surface area contributed by atoms with Crippen molar-refractivity contribution in [2.24, 2.45) is 5.92 Å². The van der Waals surface area contributed by atoms with Gasteiger partial charge in [0.15, 0.2) is 0 Å². The highest BCUT2D eigenvalue weighted by Crippen LogP contribution is 2.27. The number of urea groups is 1. The van der Waals surface area contributed by atoms with E-state index in [-0.39, 0.29) is 12.1 Å². The van der Waals surface area contributed by atoms with E-state index >= 15 is 0 Å². The standard InChI is InChI=1S/C12H22N2O2/c1-14(8-9-6-11(15)7-9)12(16)13-10-4-2-3-5-10/h9-11,15H,2-8H2,1H3,(H,13,16). The van der Waals surface area contributed by atoms with Crippen molar-refractivity contribution in [3.63, 3.8) is 0 Å². The first-order chi connectivity index (χ1) is 7.65. The summed E-state index contributed by atoms with van der Waals surface area (Å²) < 4.78 is 0. The van der Waals surface area contributed by atoms with Crippen LogP contribution in [0.25, 0.3) is 0 Å². The van der Waals surface area contributed by atoms with Crippen molar-refractivity contribution in [1.29, 1.82) is 0 Å². The second-order valence-corrected chi connectivity index (χ2v) is 5.30. The van der Waals surface area contributed by atoms with E-state index in [1.165, 1.54) is 12.8 Å². The van der Waals surface area contributed by atoms with Gasteiger partial charge in [0, 0.05) is 19.6 Å². The Labute approximate surface area is 97.0 Å². The first-order valence-corrected chi connectivity index (χ1v) is 6.35. The monoisotopic (exact) mass is 226 g/mol. The highest BCUT2D eigenvalue weighted by Gasteiger charge is 2.29. The van der Waals surface area contributed by atoms with Gasteiger partial charge in [0.25, 0.3) is 0 Å². The molecule has 2 rings (SSSR count). The number of carbonyl (C=O) groups is 1. The van der Waals surface area contributed by atoms with Crippen LogP contribution >= 0.6 is 0 Å². The summed E-state index contributed by atoms with van der Waals surface area (Å²) in [6.45, 7) is 0.773. The number of aliphatic hydroxyl groups excluding tert-OH is 1. The van der Waals surface area contributed by atoms with Crippen LogP contribution in [-0.2, 0) is 0 Å². The van der Waals surface area contributed by atoms with Crippen LogP contribution in [0.5, 0.6) is 0 Å².